The number of aliphatic hydroxyl groups is 1. The van der Waals surface area contributed by atoms with Crippen LogP contribution in [0.3, 0.4) is 0 Å². The van der Waals surface area contributed by atoms with Crippen molar-refractivity contribution in [1.29, 1.82) is 0 Å². The van der Waals surface area contributed by atoms with Crippen LogP contribution in [0.5, 0.6) is 0 Å². The summed E-state index contributed by atoms with van der Waals surface area (Å²) in [5.74, 6) is -0.146. The molecule has 1 heterocycles. The Labute approximate surface area is 93.2 Å². The van der Waals surface area contributed by atoms with Crippen LogP contribution in [0.25, 0.3) is 0 Å². The zero-order chi connectivity index (χ0) is 11.4. The normalized spacial score (nSPS) is 14.7. The molecule has 1 aromatic heterocycles. The predicted molar refractivity (Wildman–Crippen MR) is 56.9 cm³/mol. The molecule has 0 aliphatic heterocycles. The fourth-order valence-corrected chi connectivity index (χ4v) is 1.45. The number of hydrogen-bond donors (Lipinski definition) is 2. The largest absolute Gasteiger partial charge is 0.440 e. The van der Waals surface area contributed by atoms with Gasteiger partial charge in [0.1, 0.15) is 0 Å². The van der Waals surface area contributed by atoms with Crippen LogP contribution in [-0.4, -0.2) is 23.2 Å². The Morgan fingerprint density at radius 1 is 1.60 bits per heavy atom. The first-order chi connectivity index (χ1) is 6.99. The van der Waals surface area contributed by atoms with Crippen LogP contribution in [0, 0.1) is 0 Å². The topological polar surface area (TPSA) is 62.5 Å². The quantitative estimate of drug-likeness (QED) is 0.831. The maximum atomic E-state index is 11.5. The fourth-order valence-electron chi connectivity index (χ4n) is 1.30. The van der Waals surface area contributed by atoms with Crippen molar-refractivity contribution in [3.05, 3.63) is 23.1 Å². The Morgan fingerprint density at radius 3 is 2.73 bits per heavy atom. The molecule has 0 saturated carbocycles. The average Bonchev–Trinajstić information content (AvgIpc) is 2.49. The van der Waals surface area contributed by atoms with Gasteiger partial charge >= 0.3 is 0 Å². The number of carbonyl (C=O) groups excluding carboxylic acids is 1. The molecule has 2 N–H and O–H groups in total. The van der Waals surface area contributed by atoms with Crippen LogP contribution in [0.15, 0.2) is 16.5 Å². The average molecular weight is 232 g/mol. The number of halogens is 1. The van der Waals surface area contributed by atoms with Crippen molar-refractivity contribution in [3.63, 3.8) is 0 Å². The molecule has 5 heteroatoms. The van der Waals surface area contributed by atoms with Crippen LogP contribution in [0.2, 0.25) is 5.22 Å². The molecule has 0 fully saturated rings. The van der Waals surface area contributed by atoms with E-state index in [1.165, 1.54) is 12.1 Å². The third kappa shape index (κ3) is 3.93. The number of nitrogens with one attached hydrogen (secondary N) is 1. The third-order valence-electron chi connectivity index (χ3n) is 1.87. The summed E-state index contributed by atoms with van der Waals surface area (Å²) >= 11 is 5.54. The molecule has 1 amide bonds. The second kappa shape index (κ2) is 5.19. The maximum absolute atomic E-state index is 11.5. The molecule has 0 spiro atoms. The van der Waals surface area contributed by atoms with Gasteiger partial charge in [0.15, 0.2) is 11.0 Å². The van der Waals surface area contributed by atoms with Crippen molar-refractivity contribution in [2.75, 3.05) is 0 Å². The lowest BCUT2D eigenvalue weighted by atomic mass is 10.1. The number of furan rings is 1. The summed E-state index contributed by atoms with van der Waals surface area (Å²) in [6.45, 7) is 3.49. The van der Waals surface area contributed by atoms with Gasteiger partial charge in [0.05, 0.1) is 6.10 Å². The summed E-state index contributed by atoms with van der Waals surface area (Å²) in [7, 11) is 0. The highest BCUT2D eigenvalue weighted by atomic mass is 35.5. The minimum atomic E-state index is -0.444. The monoisotopic (exact) mass is 231 g/mol. The number of amides is 1. The molecule has 0 aliphatic rings. The van der Waals surface area contributed by atoms with E-state index in [0.717, 1.165) is 0 Å². The van der Waals surface area contributed by atoms with E-state index in [9.17, 15) is 4.79 Å². The van der Waals surface area contributed by atoms with Crippen molar-refractivity contribution in [2.45, 2.75) is 32.4 Å². The van der Waals surface area contributed by atoms with Gasteiger partial charge in [-0.3, -0.25) is 4.79 Å². The minimum Gasteiger partial charge on any atom is -0.440 e. The first kappa shape index (κ1) is 12.1. The smallest absolute Gasteiger partial charge is 0.287 e. The highest BCUT2D eigenvalue weighted by Crippen LogP contribution is 2.13. The molecule has 15 heavy (non-hydrogen) atoms. The van der Waals surface area contributed by atoms with E-state index in [1.54, 1.807) is 6.92 Å². The fraction of sp³-hybridized carbons (Fsp3) is 0.500. The highest BCUT2D eigenvalue weighted by molar-refractivity contribution is 6.29. The van der Waals surface area contributed by atoms with Gasteiger partial charge < -0.3 is 14.8 Å². The number of hydrogen-bond acceptors (Lipinski definition) is 3. The summed E-state index contributed by atoms with van der Waals surface area (Å²) in [6, 6.07) is 2.91. The lowest BCUT2D eigenvalue weighted by Gasteiger charge is -2.14. The second-order valence-corrected chi connectivity index (χ2v) is 3.94. The Morgan fingerprint density at radius 2 is 2.27 bits per heavy atom. The van der Waals surface area contributed by atoms with Crippen molar-refractivity contribution in [3.8, 4) is 0 Å². The van der Waals surface area contributed by atoms with E-state index >= 15 is 0 Å². The van der Waals surface area contributed by atoms with Gasteiger partial charge in [-0.2, -0.15) is 0 Å². The molecular weight excluding hydrogens is 218 g/mol. The molecule has 1 aromatic rings. The molecule has 2 atom stereocenters. The Hall–Kier alpha value is -1.00. The molecule has 2 unspecified atom stereocenters. The molecular formula is C10H14ClNO3. The first-order valence-corrected chi connectivity index (χ1v) is 5.11. The Balaban J connectivity index is 2.49. The van der Waals surface area contributed by atoms with Crippen molar-refractivity contribution in [1.82, 2.24) is 5.32 Å². The summed E-state index contributed by atoms with van der Waals surface area (Å²) in [5.41, 5.74) is 0. The molecule has 4 nitrogen and oxygen atoms in total. The van der Waals surface area contributed by atoms with Crippen molar-refractivity contribution < 1.29 is 14.3 Å². The van der Waals surface area contributed by atoms with Gasteiger partial charge in [-0.15, -0.1) is 0 Å². The molecule has 0 aliphatic carbocycles. The maximum Gasteiger partial charge on any atom is 0.287 e. The lowest BCUT2D eigenvalue weighted by molar-refractivity contribution is 0.0895. The standard InChI is InChI=1S/C10H14ClNO3/c1-6(5-7(2)13)12-10(14)8-3-4-9(11)15-8/h3-4,6-7,13H,5H2,1-2H3,(H,12,14). The summed E-state index contributed by atoms with van der Waals surface area (Å²) in [4.78, 5) is 11.5. The molecule has 0 bridgehead atoms. The third-order valence-corrected chi connectivity index (χ3v) is 2.07. The van der Waals surface area contributed by atoms with Gasteiger partial charge in [-0.1, -0.05) is 0 Å². The van der Waals surface area contributed by atoms with Crippen LogP contribution in [0.4, 0.5) is 0 Å². The van der Waals surface area contributed by atoms with Gasteiger partial charge in [0.25, 0.3) is 5.91 Å². The summed E-state index contributed by atoms with van der Waals surface area (Å²) in [5, 5.41) is 12.0. The van der Waals surface area contributed by atoms with Crippen LogP contribution >= 0.6 is 11.6 Å². The van der Waals surface area contributed by atoms with Crippen molar-refractivity contribution >= 4 is 17.5 Å². The van der Waals surface area contributed by atoms with Gasteiger partial charge in [-0.05, 0) is 44.0 Å². The van der Waals surface area contributed by atoms with E-state index < -0.39 is 6.10 Å². The number of carbonyl (C=O) groups is 1. The molecule has 84 valence electrons. The summed E-state index contributed by atoms with van der Waals surface area (Å²) < 4.78 is 4.94. The number of aliphatic hydroxyl groups excluding tert-OH is 1. The van der Waals surface area contributed by atoms with Crippen LogP contribution < -0.4 is 5.32 Å². The Kier molecular flexibility index (Phi) is 4.17. The van der Waals surface area contributed by atoms with Gasteiger partial charge in [-0.25, -0.2) is 0 Å². The van der Waals surface area contributed by atoms with E-state index in [0.29, 0.717) is 6.42 Å². The van der Waals surface area contributed by atoms with Gasteiger partial charge in [0, 0.05) is 6.04 Å². The first-order valence-electron chi connectivity index (χ1n) is 4.73. The molecule has 1 rings (SSSR count). The molecule has 0 saturated heterocycles. The zero-order valence-electron chi connectivity index (χ0n) is 8.66. The predicted octanol–water partition coefficient (Wildman–Crippen LogP) is 1.82. The molecule has 0 aromatic carbocycles. The Bertz CT molecular complexity index is 335. The van der Waals surface area contributed by atoms with E-state index in [2.05, 4.69) is 5.32 Å². The SMILES string of the molecule is CC(O)CC(C)NC(=O)c1ccc(Cl)o1. The van der Waals surface area contributed by atoms with Crippen molar-refractivity contribution in [2.24, 2.45) is 0 Å². The number of rotatable bonds is 4. The molecule has 0 radical (unpaired) electrons. The summed E-state index contributed by atoms with van der Waals surface area (Å²) in [6.07, 6.45) is 0.0562. The van der Waals surface area contributed by atoms with E-state index in [-0.39, 0.29) is 22.9 Å². The lowest BCUT2D eigenvalue weighted by Crippen LogP contribution is -2.34. The van der Waals surface area contributed by atoms with Crippen LogP contribution in [0.1, 0.15) is 30.8 Å². The van der Waals surface area contributed by atoms with E-state index in [4.69, 9.17) is 21.1 Å². The zero-order valence-corrected chi connectivity index (χ0v) is 9.41. The minimum absolute atomic E-state index is 0.110. The van der Waals surface area contributed by atoms with Crippen LogP contribution in [-0.2, 0) is 0 Å². The highest BCUT2D eigenvalue weighted by Gasteiger charge is 2.14. The second-order valence-electron chi connectivity index (χ2n) is 3.56. The van der Waals surface area contributed by atoms with Gasteiger partial charge in [0.2, 0.25) is 0 Å². The van der Waals surface area contributed by atoms with E-state index in [1.807, 2.05) is 6.92 Å².